The molecule has 0 saturated heterocycles. The molecular formula is C24H25ClN2O3. The third-order valence-electron chi connectivity index (χ3n) is 4.83. The van der Waals surface area contributed by atoms with Gasteiger partial charge in [0.2, 0.25) is 5.91 Å². The molecule has 0 unspecified atom stereocenters. The molecule has 1 N–H and O–H groups in total. The van der Waals surface area contributed by atoms with Crippen molar-refractivity contribution in [1.29, 1.82) is 0 Å². The van der Waals surface area contributed by atoms with Gasteiger partial charge in [0.15, 0.2) is 0 Å². The van der Waals surface area contributed by atoms with E-state index in [1.807, 2.05) is 43.3 Å². The highest BCUT2D eigenvalue weighted by molar-refractivity contribution is 6.30. The summed E-state index contributed by atoms with van der Waals surface area (Å²) in [4.78, 5) is 24.7. The van der Waals surface area contributed by atoms with Gasteiger partial charge >= 0.3 is 5.97 Å². The zero-order valence-corrected chi connectivity index (χ0v) is 17.9. The first-order chi connectivity index (χ1) is 14.5. The Labute approximate surface area is 181 Å². The first-order valence-corrected chi connectivity index (χ1v) is 10.4. The van der Waals surface area contributed by atoms with Gasteiger partial charge in [-0.25, -0.2) is 4.79 Å². The standard InChI is InChI=1S/C24H25ClN2O3/c1-3-30-24(29)21-16-22(18-9-5-4-6-10-18)27(17(21)2)14-8-13-23(28)26-20-12-7-11-19(25)15-20/h4-7,9-12,15-16H,3,8,13-14H2,1-2H3,(H,26,28). The molecule has 1 aromatic heterocycles. The summed E-state index contributed by atoms with van der Waals surface area (Å²) in [6.07, 6.45) is 0.983. The molecule has 156 valence electrons. The number of carbonyl (C=O) groups excluding carboxylic acids is 2. The molecule has 0 bridgehead atoms. The molecule has 0 aliphatic heterocycles. The zero-order chi connectivity index (χ0) is 21.5. The van der Waals surface area contributed by atoms with Crippen molar-refractivity contribution >= 4 is 29.2 Å². The molecule has 3 aromatic rings. The van der Waals surface area contributed by atoms with Gasteiger partial charge in [-0.15, -0.1) is 0 Å². The summed E-state index contributed by atoms with van der Waals surface area (Å²) in [5, 5.41) is 3.44. The summed E-state index contributed by atoms with van der Waals surface area (Å²) in [6, 6.07) is 18.8. The molecule has 0 aliphatic carbocycles. The predicted octanol–water partition coefficient (Wildman–Crippen LogP) is 5.71. The second-order valence-electron chi connectivity index (χ2n) is 6.93. The molecule has 0 radical (unpaired) electrons. The minimum atomic E-state index is -0.329. The van der Waals surface area contributed by atoms with Gasteiger partial charge < -0.3 is 14.6 Å². The van der Waals surface area contributed by atoms with E-state index >= 15 is 0 Å². The van der Waals surface area contributed by atoms with Gasteiger partial charge in [-0.1, -0.05) is 48.0 Å². The number of hydrogen-bond acceptors (Lipinski definition) is 3. The molecule has 1 amide bonds. The number of anilines is 1. The number of hydrogen-bond donors (Lipinski definition) is 1. The topological polar surface area (TPSA) is 60.3 Å². The molecule has 2 aromatic carbocycles. The Morgan fingerprint density at radius 1 is 1.07 bits per heavy atom. The number of nitrogens with one attached hydrogen (secondary N) is 1. The SMILES string of the molecule is CCOC(=O)c1cc(-c2ccccc2)n(CCCC(=O)Nc2cccc(Cl)c2)c1C. The summed E-state index contributed by atoms with van der Waals surface area (Å²) in [6.45, 7) is 4.64. The molecule has 5 nitrogen and oxygen atoms in total. The average molecular weight is 425 g/mol. The minimum absolute atomic E-state index is 0.0750. The molecule has 3 rings (SSSR count). The summed E-state index contributed by atoms with van der Waals surface area (Å²) in [5.41, 5.74) is 4.02. The van der Waals surface area contributed by atoms with Crippen LogP contribution in [-0.2, 0) is 16.1 Å². The van der Waals surface area contributed by atoms with E-state index < -0.39 is 0 Å². The van der Waals surface area contributed by atoms with Gasteiger partial charge in [-0.3, -0.25) is 4.79 Å². The quantitative estimate of drug-likeness (QED) is 0.471. The van der Waals surface area contributed by atoms with Crippen molar-refractivity contribution in [3.05, 3.63) is 76.9 Å². The Bertz CT molecular complexity index is 1030. The van der Waals surface area contributed by atoms with E-state index in [-0.39, 0.29) is 11.9 Å². The van der Waals surface area contributed by atoms with E-state index in [1.54, 1.807) is 31.2 Å². The van der Waals surface area contributed by atoms with Gasteiger partial charge in [0.1, 0.15) is 0 Å². The van der Waals surface area contributed by atoms with Crippen LogP contribution in [0.15, 0.2) is 60.7 Å². The molecule has 30 heavy (non-hydrogen) atoms. The van der Waals surface area contributed by atoms with Crippen LogP contribution in [0.3, 0.4) is 0 Å². The van der Waals surface area contributed by atoms with Crippen molar-refractivity contribution < 1.29 is 14.3 Å². The maximum Gasteiger partial charge on any atom is 0.339 e. The van der Waals surface area contributed by atoms with Crippen molar-refractivity contribution in [2.75, 3.05) is 11.9 Å². The first-order valence-electron chi connectivity index (χ1n) is 9.97. The van der Waals surface area contributed by atoms with Crippen LogP contribution in [0.5, 0.6) is 0 Å². The van der Waals surface area contributed by atoms with Crippen LogP contribution in [-0.4, -0.2) is 23.1 Å². The molecule has 0 fully saturated rings. The van der Waals surface area contributed by atoms with Crippen LogP contribution in [0.25, 0.3) is 11.3 Å². The van der Waals surface area contributed by atoms with Crippen molar-refractivity contribution in [3.63, 3.8) is 0 Å². The lowest BCUT2D eigenvalue weighted by Gasteiger charge is -2.12. The number of rotatable bonds is 8. The van der Waals surface area contributed by atoms with E-state index in [9.17, 15) is 9.59 Å². The average Bonchev–Trinajstić information content (AvgIpc) is 3.05. The van der Waals surface area contributed by atoms with E-state index in [0.29, 0.717) is 42.3 Å². The second kappa shape index (κ2) is 10.1. The normalized spacial score (nSPS) is 10.6. The Hall–Kier alpha value is -3.05. The van der Waals surface area contributed by atoms with Crippen molar-refractivity contribution in [2.24, 2.45) is 0 Å². The molecular weight excluding hydrogens is 400 g/mol. The highest BCUT2D eigenvalue weighted by atomic mass is 35.5. The van der Waals surface area contributed by atoms with Crippen LogP contribution < -0.4 is 5.32 Å². The molecule has 1 heterocycles. The Balaban J connectivity index is 1.74. The van der Waals surface area contributed by atoms with Crippen molar-refractivity contribution in [3.8, 4) is 11.3 Å². The maximum atomic E-state index is 12.4. The summed E-state index contributed by atoms with van der Waals surface area (Å²) >= 11 is 5.96. The number of halogens is 1. The van der Waals surface area contributed by atoms with Gasteiger partial charge in [-0.2, -0.15) is 0 Å². The molecule has 6 heteroatoms. The van der Waals surface area contributed by atoms with Gasteiger partial charge in [-0.05, 0) is 50.1 Å². The number of aromatic nitrogens is 1. The third-order valence-corrected chi connectivity index (χ3v) is 5.06. The predicted molar refractivity (Wildman–Crippen MR) is 120 cm³/mol. The lowest BCUT2D eigenvalue weighted by molar-refractivity contribution is -0.116. The van der Waals surface area contributed by atoms with E-state index in [1.165, 1.54) is 0 Å². The van der Waals surface area contributed by atoms with E-state index in [0.717, 1.165) is 17.0 Å². The van der Waals surface area contributed by atoms with Crippen LogP contribution in [0.1, 0.15) is 35.8 Å². The number of esters is 1. The summed E-state index contributed by atoms with van der Waals surface area (Å²) < 4.78 is 7.28. The Morgan fingerprint density at radius 3 is 2.53 bits per heavy atom. The highest BCUT2D eigenvalue weighted by Crippen LogP contribution is 2.27. The fourth-order valence-electron chi connectivity index (χ4n) is 3.38. The number of benzene rings is 2. The summed E-state index contributed by atoms with van der Waals surface area (Å²) in [5.74, 6) is -0.404. The number of ether oxygens (including phenoxy) is 1. The van der Waals surface area contributed by atoms with Crippen molar-refractivity contribution in [1.82, 2.24) is 4.57 Å². The van der Waals surface area contributed by atoms with Crippen LogP contribution in [0.4, 0.5) is 5.69 Å². The number of carbonyl (C=O) groups is 2. The second-order valence-corrected chi connectivity index (χ2v) is 7.37. The zero-order valence-electron chi connectivity index (χ0n) is 17.2. The van der Waals surface area contributed by atoms with Crippen LogP contribution >= 0.6 is 11.6 Å². The monoisotopic (exact) mass is 424 g/mol. The largest absolute Gasteiger partial charge is 0.462 e. The Morgan fingerprint density at radius 2 is 1.83 bits per heavy atom. The smallest absolute Gasteiger partial charge is 0.339 e. The lowest BCUT2D eigenvalue weighted by atomic mass is 10.1. The van der Waals surface area contributed by atoms with E-state index in [2.05, 4.69) is 9.88 Å². The van der Waals surface area contributed by atoms with Crippen molar-refractivity contribution in [2.45, 2.75) is 33.2 Å². The lowest BCUT2D eigenvalue weighted by Crippen LogP contribution is -2.13. The maximum absolute atomic E-state index is 12.4. The summed E-state index contributed by atoms with van der Waals surface area (Å²) in [7, 11) is 0. The molecule has 0 spiro atoms. The Kier molecular flexibility index (Phi) is 7.31. The van der Waals surface area contributed by atoms with Gasteiger partial charge in [0, 0.05) is 35.1 Å². The van der Waals surface area contributed by atoms with Gasteiger partial charge in [0.25, 0.3) is 0 Å². The molecule has 0 saturated carbocycles. The fourth-order valence-corrected chi connectivity index (χ4v) is 3.57. The van der Waals surface area contributed by atoms with Crippen LogP contribution in [0.2, 0.25) is 5.02 Å². The van der Waals surface area contributed by atoms with E-state index in [4.69, 9.17) is 16.3 Å². The fraction of sp³-hybridized carbons (Fsp3) is 0.250. The van der Waals surface area contributed by atoms with Gasteiger partial charge in [0.05, 0.1) is 12.2 Å². The third kappa shape index (κ3) is 5.30. The number of amides is 1. The minimum Gasteiger partial charge on any atom is -0.462 e. The highest BCUT2D eigenvalue weighted by Gasteiger charge is 2.19. The number of nitrogens with zero attached hydrogens (tertiary/aromatic N) is 1. The van der Waals surface area contributed by atoms with Crippen LogP contribution in [0, 0.1) is 6.92 Å². The first kappa shape index (κ1) is 21.7. The molecule has 0 aliphatic rings. The molecule has 0 atom stereocenters.